The average molecular weight is 517 g/mol. The summed E-state index contributed by atoms with van der Waals surface area (Å²) in [6.45, 7) is 3.02. The molecule has 11 heteroatoms. The lowest BCUT2D eigenvalue weighted by molar-refractivity contribution is -0.142. The van der Waals surface area contributed by atoms with E-state index < -0.39 is 24.0 Å². The van der Waals surface area contributed by atoms with Crippen LogP contribution in [0.3, 0.4) is 0 Å². The minimum atomic E-state index is -1.20. The fourth-order valence-electron chi connectivity index (χ4n) is 3.91. The number of aromatic nitrogens is 1. The molecule has 37 heavy (non-hydrogen) atoms. The number of nitrogens with one attached hydrogen (secondary N) is 3. The molecule has 1 aromatic heterocycles. The number of aliphatic carboxylic acids is 1. The van der Waals surface area contributed by atoms with Crippen LogP contribution in [-0.4, -0.2) is 66.2 Å². The Labute approximate surface area is 217 Å². The van der Waals surface area contributed by atoms with Gasteiger partial charge in [-0.2, -0.15) is 0 Å². The van der Waals surface area contributed by atoms with Gasteiger partial charge in [0.2, 0.25) is 11.8 Å². The number of anilines is 1. The molecule has 0 fully saturated rings. The Morgan fingerprint density at radius 1 is 1.14 bits per heavy atom. The lowest BCUT2D eigenvalue weighted by Crippen LogP contribution is -2.48. The number of carbonyl (C=O) groups excluding carboxylic acids is 2. The van der Waals surface area contributed by atoms with Crippen LogP contribution in [0.1, 0.15) is 51.9 Å². The molecule has 0 aliphatic rings. The molecule has 204 valence electrons. The van der Waals surface area contributed by atoms with Gasteiger partial charge in [-0.1, -0.05) is 12.5 Å². The summed E-state index contributed by atoms with van der Waals surface area (Å²) in [7, 11) is 1.62. The molecule has 2 rings (SSSR count). The van der Waals surface area contributed by atoms with Gasteiger partial charge in [0, 0.05) is 36.7 Å². The van der Waals surface area contributed by atoms with E-state index in [2.05, 4.69) is 27.9 Å². The highest BCUT2D eigenvalue weighted by Crippen LogP contribution is 2.28. The topological polar surface area (TPSA) is 182 Å². The number of nitrogens with zero attached hydrogens (tertiary/aromatic N) is 1. The van der Waals surface area contributed by atoms with Gasteiger partial charge in [0.15, 0.2) is 0 Å². The number of methoxy groups -OCH3 is 1. The minimum Gasteiger partial charge on any atom is -0.497 e. The number of unbranched alkanes of at least 4 members (excludes halogenated alkanes) is 1. The summed E-state index contributed by atoms with van der Waals surface area (Å²) in [4.78, 5) is 40.4. The third-order valence-corrected chi connectivity index (χ3v) is 6.03. The number of hydrogen-bond acceptors (Lipinski definition) is 8. The third kappa shape index (κ3) is 10.2. The van der Waals surface area contributed by atoms with E-state index in [0.29, 0.717) is 25.9 Å². The number of carbonyl (C=O) groups is 3. The van der Waals surface area contributed by atoms with Gasteiger partial charge >= 0.3 is 5.97 Å². The molecule has 1 heterocycles. The molecule has 1 aromatic carbocycles. The van der Waals surface area contributed by atoms with E-state index in [1.165, 1.54) is 0 Å². The van der Waals surface area contributed by atoms with Crippen molar-refractivity contribution in [2.45, 2.75) is 70.0 Å². The minimum absolute atomic E-state index is 0.0176. The second kappa shape index (κ2) is 15.6. The summed E-state index contributed by atoms with van der Waals surface area (Å²) in [5.74, 6) is -1.26. The summed E-state index contributed by atoms with van der Waals surface area (Å²) < 4.78 is 5.39. The summed E-state index contributed by atoms with van der Waals surface area (Å²) in [6, 6.07) is 5.86. The first kappa shape index (κ1) is 29.8. The first-order valence-electron chi connectivity index (χ1n) is 12.7. The molecule has 0 saturated carbocycles. The van der Waals surface area contributed by atoms with Crippen LogP contribution in [0.4, 0.5) is 5.69 Å². The number of nitrogens with two attached hydrogens (primary N) is 2. The number of benzene rings is 1. The number of amides is 2. The van der Waals surface area contributed by atoms with Crippen molar-refractivity contribution in [2.24, 2.45) is 11.5 Å². The lowest BCUT2D eigenvalue weighted by Gasteiger charge is -2.18. The van der Waals surface area contributed by atoms with Crippen LogP contribution in [0, 0.1) is 0 Å². The van der Waals surface area contributed by atoms with E-state index >= 15 is 0 Å². The molecule has 2 amide bonds. The first-order valence-corrected chi connectivity index (χ1v) is 12.7. The zero-order chi connectivity index (χ0) is 27.2. The zero-order valence-corrected chi connectivity index (χ0v) is 21.7. The second-order valence-corrected chi connectivity index (χ2v) is 9.12. The van der Waals surface area contributed by atoms with Crippen molar-refractivity contribution in [3.05, 3.63) is 30.5 Å². The number of hydrogen-bond donors (Lipinski definition) is 6. The van der Waals surface area contributed by atoms with E-state index in [1.54, 1.807) is 13.3 Å². The van der Waals surface area contributed by atoms with Gasteiger partial charge in [-0.3, -0.25) is 14.6 Å². The first-order chi connectivity index (χ1) is 17.7. The number of carboxylic acids is 1. The Balaban J connectivity index is 1.73. The number of carboxylic acid groups (broad SMARTS) is 1. The highest BCUT2D eigenvalue weighted by atomic mass is 16.5. The molecule has 0 bridgehead atoms. The van der Waals surface area contributed by atoms with Gasteiger partial charge in [0.05, 0.1) is 24.4 Å². The van der Waals surface area contributed by atoms with Crippen molar-refractivity contribution in [3.63, 3.8) is 0 Å². The number of ether oxygens (including phenoxy) is 1. The van der Waals surface area contributed by atoms with Crippen LogP contribution in [0.5, 0.6) is 5.75 Å². The maximum atomic E-state index is 12.2. The van der Waals surface area contributed by atoms with E-state index in [0.717, 1.165) is 41.6 Å². The molecule has 1 unspecified atom stereocenters. The third-order valence-electron chi connectivity index (χ3n) is 6.03. The normalized spacial score (nSPS) is 13.4. The maximum absolute atomic E-state index is 12.2. The van der Waals surface area contributed by atoms with Crippen LogP contribution in [0.15, 0.2) is 30.5 Å². The Morgan fingerprint density at radius 3 is 2.62 bits per heavy atom. The SMILES string of the molecule is COc1cc(NC(C)CCCNC(=O)CC[C@H](NC(=O)[C@@H](N)CCCCN)C(=O)O)c2ncccc2c1. The van der Waals surface area contributed by atoms with Crippen LogP contribution < -0.4 is 32.2 Å². The second-order valence-electron chi connectivity index (χ2n) is 9.12. The van der Waals surface area contributed by atoms with Gasteiger partial charge in [0.25, 0.3) is 0 Å². The summed E-state index contributed by atoms with van der Waals surface area (Å²) in [5, 5.41) is 19.1. The largest absolute Gasteiger partial charge is 0.497 e. The summed E-state index contributed by atoms with van der Waals surface area (Å²) in [5.41, 5.74) is 13.0. The van der Waals surface area contributed by atoms with E-state index in [4.69, 9.17) is 16.2 Å². The predicted octanol–water partition coefficient (Wildman–Crippen LogP) is 1.75. The highest BCUT2D eigenvalue weighted by molar-refractivity contribution is 5.92. The molecular weight excluding hydrogens is 476 g/mol. The van der Waals surface area contributed by atoms with E-state index in [1.807, 2.05) is 24.3 Å². The fourth-order valence-corrected chi connectivity index (χ4v) is 3.91. The van der Waals surface area contributed by atoms with Crippen molar-refractivity contribution >= 4 is 34.4 Å². The maximum Gasteiger partial charge on any atom is 0.326 e. The molecule has 8 N–H and O–H groups in total. The van der Waals surface area contributed by atoms with Crippen molar-refractivity contribution < 1.29 is 24.2 Å². The van der Waals surface area contributed by atoms with Crippen LogP contribution in [0.25, 0.3) is 10.9 Å². The van der Waals surface area contributed by atoms with Crippen molar-refractivity contribution in [1.29, 1.82) is 0 Å². The van der Waals surface area contributed by atoms with Gasteiger partial charge < -0.3 is 37.3 Å². The molecule has 0 spiro atoms. The number of pyridine rings is 1. The molecule has 0 radical (unpaired) electrons. The van der Waals surface area contributed by atoms with Crippen molar-refractivity contribution in [2.75, 3.05) is 25.5 Å². The predicted molar refractivity (Wildman–Crippen MR) is 143 cm³/mol. The summed E-state index contributed by atoms with van der Waals surface area (Å²) >= 11 is 0. The Morgan fingerprint density at radius 2 is 1.92 bits per heavy atom. The molecule has 0 aliphatic heterocycles. The monoisotopic (exact) mass is 516 g/mol. The summed E-state index contributed by atoms with van der Waals surface area (Å²) in [6.07, 6.45) is 5.09. The van der Waals surface area contributed by atoms with Gasteiger partial charge in [0.1, 0.15) is 11.8 Å². The fraction of sp³-hybridized carbons (Fsp3) is 0.538. The van der Waals surface area contributed by atoms with Crippen LogP contribution >= 0.6 is 0 Å². The van der Waals surface area contributed by atoms with E-state index in [-0.39, 0.29) is 24.8 Å². The highest BCUT2D eigenvalue weighted by Gasteiger charge is 2.23. The smallest absolute Gasteiger partial charge is 0.326 e. The molecule has 0 saturated heterocycles. The van der Waals surface area contributed by atoms with Crippen LogP contribution in [0.2, 0.25) is 0 Å². The molecule has 0 aliphatic carbocycles. The average Bonchev–Trinajstić information content (AvgIpc) is 2.88. The van der Waals surface area contributed by atoms with Gasteiger partial charge in [-0.15, -0.1) is 0 Å². The standard InChI is InChI=1S/C26H40N6O5/c1-17(31-22-16-19(37-2)15-18-8-6-14-30-24(18)22)7-5-13-29-23(33)11-10-21(26(35)36)32-25(34)20(28)9-3-4-12-27/h6,8,14-17,20-21,31H,3-5,7,9-13,27-28H2,1-2H3,(H,29,33)(H,32,34)(H,35,36)/t17?,20-,21-/m0/s1. The van der Waals surface area contributed by atoms with Gasteiger partial charge in [-0.25, -0.2) is 4.79 Å². The van der Waals surface area contributed by atoms with E-state index in [9.17, 15) is 19.5 Å². The number of rotatable bonds is 17. The van der Waals surface area contributed by atoms with Crippen molar-refractivity contribution in [1.82, 2.24) is 15.6 Å². The van der Waals surface area contributed by atoms with Crippen LogP contribution in [-0.2, 0) is 14.4 Å². The van der Waals surface area contributed by atoms with Gasteiger partial charge in [-0.05, 0) is 57.7 Å². The molecule has 2 aromatic rings. The number of fused-ring (bicyclic) bond motifs is 1. The molecular formula is C26H40N6O5. The Kier molecular flexibility index (Phi) is 12.6. The zero-order valence-electron chi connectivity index (χ0n) is 21.7. The molecule has 3 atom stereocenters. The Bertz CT molecular complexity index is 1030. The molecule has 11 nitrogen and oxygen atoms in total. The van der Waals surface area contributed by atoms with Crippen molar-refractivity contribution in [3.8, 4) is 5.75 Å². The quantitative estimate of drug-likeness (QED) is 0.171. The lowest BCUT2D eigenvalue weighted by atomic mass is 10.1. The Hall–Kier alpha value is -3.44.